The first-order valence-corrected chi connectivity index (χ1v) is 4.72. The Morgan fingerprint density at radius 2 is 2.10 bits per heavy atom. The number of hydrogen-bond acceptors (Lipinski definition) is 4. The van der Waals surface area contributed by atoms with E-state index in [2.05, 4.69) is 0 Å². The van der Waals surface area contributed by atoms with E-state index in [0.29, 0.717) is 0 Å². The molecule has 0 aromatic rings. The standard InChI is InChI=1S/C5H8O4S/c6-5-3-9-1-2-10(7,8)4-5/h1-4H2. The monoisotopic (exact) mass is 164 g/mol. The Labute approximate surface area is 59.1 Å². The van der Waals surface area contributed by atoms with Gasteiger partial charge in [-0.1, -0.05) is 0 Å². The van der Waals surface area contributed by atoms with Crippen LogP contribution in [0, 0.1) is 0 Å². The van der Waals surface area contributed by atoms with Crippen molar-refractivity contribution in [2.24, 2.45) is 0 Å². The minimum absolute atomic E-state index is 0.0290. The quantitative estimate of drug-likeness (QED) is 0.460. The minimum atomic E-state index is -3.14. The van der Waals surface area contributed by atoms with Crippen molar-refractivity contribution < 1.29 is 17.9 Å². The number of rotatable bonds is 0. The van der Waals surface area contributed by atoms with E-state index < -0.39 is 9.84 Å². The number of ketones is 1. The molecule has 0 radical (unpaired) electrons. The van der Waals surface area contributed by atoms with Gasteiger partial charge in [0.2, 0.25) is 0 Å². The number of Topliss-reactive ketones (excluding diaryl/α,β-unsaturated/α-hetero) is 1. The third-order valence-corrected chi connectivity index (χ3v) is 2.73. The number of ether oxygens (including phenoxy) is 1. The molecular weight excluding hydrogens is 156 g/mol. The molecule has 0 spiro atoms. The molecule has 0 N–H and O–H groups in total. The molecule has 0 aromatic carbocycles. The molecule has 1 aliphatic heterocycles. The van der Waals surface area contributed by atoms with E-state index in [1.807, 2.05) is 0 Å². The van der Waals surface area contributed by atoms with Gasteiger partial charge in [-0.15, -0.1) is 0 Å². The lowest BCUT2D eigenvalue weighted by Gasteiger charge is -1.92. The molecule has 1 rings (SSSR count). The predicted octanol–water partition coefficient (Wildman–Crippen LogP) is -0.999. The van der Waals surface area contributed by atoms with Crippen molar-refractivity contribution in [2.45, 2.75) is 0 Å². The zero-order chi connectivity index (χ0) is 7.61. The van der Waals surface area contributed by atoms with Gasteiger partial charge in [0.05, 0.1) is 12.4 Å². The van der Waals surface area contributed by atoms with Crippen molar-refractivity contribution in [3.05, 3.63) is 0 Å². The van der Waals surface area contributed by atoms with Crippen LogP contribution >= 0.6 is 0 Å². The molecule has 0 aliphatic carbocycles. The average molecular weight is 164 g/mol. The van der Waals surface area contributed by atoms with Crippen LogP contribution in [0.5, 0.6) is 0 Å². The first-order valence-electron chi connectivity index (χ1n) is 2.90. The van der Waals surface area contributed by atoms with Crippen LogP contribution in [-0.4, -0.2) is 38.9 Å². The van der Waals surface area contributed by atoms with Gasteiger partial charge in [0.25, 0.3) is 0 Å². The van der Waals surface area contributed by atoms with Crippen molar-refractivity contribution in [3.63, 3.8) is 0 Å². The van der Waals surface area contributed by atoms with E-state index in [1.54, 1.807) is 0 Å². The lowest BCUT2D eigenvalue weighted by molar-refractivity contribution is -0.120. The Morgan fingerprint density at radius 3 is 2.80 bits per heavy atom. The summed E-state index contributed by atoms with van der Waals surface area (Å²) in [5, 5.41) is 0. The summed E-state index contributed by atoms with van der Waals surface area (Å²) < 4.78 is 26.3. The number of sulfone groups is 1. The fourth-order valence-electron chi connectivity index (χ4n) is 0.731. The predicted molar refractivity (Wildman–Crippen MR) is 34.5 cm³/mol. The van der Waals surface area contributed by atoms with Gasteiger partial charge in [0, 0.05) is 0 Å². The summed E-state index contributed by atoms with van der Waals surface area (Å²) in [4.78, 5) is 10.6. The van der Waals surface area contributed by atoms with Gasteiger partial charge in [-0.25, -0.2) is 8.42 Å². The molecule has 1 aliphatic rings. The molecule has 1 fully saturated rings. The Hall–Kier alpha value is -0.420. The Bertz CT molecular complexity index is 228. The maximum atomic E-state index is 10.8. The largest absolute Gasteiger partial charge is 0.373 e. The maximum absolute atomic E-state index is 10.8. The van der Waals surface area contributed by atoms with Crippen molar-refractivity contribution in [1.82, 2.24) is 0 Å². The molecule has 0 aromatic heterocycles. The van der Waals surface area contributed by atoms with Crippen LogP contribution in [0.15, 0.2) is 0 Å². The molecule has 0 unspecified atom stereocenters. The van der Waals surface area contributed by atoms with Gasteiger partial charge in [-0.3, -0.25) is 4.79 Å². The minimum Gasteiger partial charge on any atom is -0.373 e. The molecule has 0 saturated carbocycles. The first-order chi connectivity index (χ1) is 4.60. The van der Waals surface area contributed by atoms with Crippen molar-refractivity contribution in [3.8, 4) is 0 Å². The summed E-state index contributed by atoms with van der Waals surface area (Å²) in [5.74, 6) is -0.733. The summed E-state index contributed by atoms with van der Waals surface area (Å²) in [5.41, 5.74) is 0. The number of carbonyl (C=O) groups excluding carboxylic acids is 1. The number of hydrogen-bond donors (Lipinski definition) is 0. The summed E-state index contributed by atoms with van der Waals surface area (Å²) in [6.07, 6.45) is 0. The van der Waals surface area contributed by atoms with E-state index >= 15 is 0 Å². The molecule has 5 heteroatoms. The van der Waals surface area contributed by atoms with Crippen molar-refractivity contribution in [1.29, 1.82) is 0 Å². The van der Waals surface area contributed by atoms with Gasteiger partial charge < -0.3 is 4.74 Å². The van der Waals surface area contributed by atoms with Crippen LogP contribution < -0.4 is 0 Å². The Morgan fingerprint density at radius 1 is 1.40 bits per heavy atom. The van der Waals surface area contributed by atoms with Gasteiger partial charge in [-0.05, 0) is 0 Å². The van der Waals surface area contributed by atoms with E-state index in [1.165, 1.54) is 0 Å². The van der Waals surface area contributed by atoms with Gasteiger partial charge in [-0.2, -0.15) is 0 Å². The fraction of sp³-hybridized carbons (Fsp3) is 0.800. The zero-order valence-electron chi connectivity index (χ0n) is 5.37. The van der Waals surface area contributed by atoms with Crippen LogP contribution in [-0.2, 0) is 19.4 Å². The van der Waals surface area contributed by atoms with Crippen molar-refractivity contribution >= 4 is 15.6 Å². The van der Waals surface area contributed by atoms with E-state index in [-0.39, 0.29) is 30.5 Å². The normalized spacial score (nSPS) is 25.8. The smallest absolute Gasteiger partial charge is 0.173 e. The van der Waals surface area contributed by atoms with Gasteiger partial charge >= 0.3 is 0 Å². The first kappa shape index (κ1) is 7.68. The maximum Gasteiger partial charge on any atom is 0.173 e. The van der Waals surface area contributed by atoms with Gasteiger partial charge in [0.15, 0.2) is 15.6 Å². The molecule has 10 heavy (non-hydrogen) atoms. The highest BCUT2D eigenvalue weighted by Crippen LogP contribution is 1.97. The summed E-state index contributed by atoms with van der Waals surface area (Å²) >= 11 is 0. The third kappa shape index (κ3) is 2.07. The third-order valence-electron chi connectivity index (χ3n) is 1.18. The van der Waals surface area contributed by atoms with Crippen LogP contribution in [0.3, 0.4) is 0 Å². The average Bonchev–Trinajstić information content (AvgIpc) is 1.90. The number of carbonyl (C=O) groups is 1. The Kier molecular flexibility index (Phi) is 2.05. The molecule has 1 heterocycles. The molecule has 1 saturated heterocycles. The topological polar surface area (TPSA) is 60.4 Å². The highest BCUT2D eigenvalue weighted by atomic mass is 32.2. The SMILES string of the molecule is O=C1COCCS(=O)(=O)C1. The molecule has 0 amide bonds. The van der Waals surface area contributed by atoms with Crippen molar-refractivity contribution in [2.75, 3.05) is 24.7 Å². The fourth-order valence-corrected chi connectivity index (χ4v) is 1.82. The zero-order valence-corrected chi connectivity index (χ0v) is 6.19. The van der Waals surface area contributed by atoms with Crippen LogP contribution in [0.25, 0.3) is 0 Å². The molecule has 0 bridgehead atoms. The van der Waals surface area contributed by atoms with E-state index in [0.717, 1.165) is 0 Å². The van der Waals surface area contributed by atoms with Crippen LogP contribution in [0.2, 0.25) is 0 Å². The van der Waals surface area contributed by atoms with E-state index in [4.69, 9.17) is 4.74 Å². The second kappa shape index (κ2) is 2.67. The second-order valence-corrected chi connectivity index (χ2v) is 4.37. The van der Waals surface area contributed by atoms with E-state index in [9.17, 15) is 13.2 Å². The summed E-state index contributed by atoms with van der Waals surface area (Å²) in [7, 11) is -3.14. The molecular formula is C5H8O4S. The molecule has 0 atom stereocenters. The molecule has 4 nitrogen and oxygen atoms in total. The highest BCUT2D eigenvalue weighted by Gasteiger charge is 2.19. The van der Waals surface area contributed by atoms with Crippen LogP contribution in [0.1, 0.15) is 0 Å². The summed E-state index contributed by atoms with van der Waals surface area (Å²) in [6.45, 7) is 0.0906. The molecule has 58 valence electrons. The lowest BCUT2D eigenvalue weighted by Crippen LogP contribution is -2.17. The Balaban J connectivity index is 2.73. The second-order valence-electron chi connectivity index (χ2n) is 2.18. The van der Waals surface area contributed by atoms with Gasteiger partial charge in [0.1, 0.15) is 12.4 Å². The lowest BCUT2D eigenvalue weighted by atomic mass is 10.5. The highest BCUT2D eigenvalue weighted by molar-refractivity contribution is 7.92. The van der Waals surface area contributed by atoms with Crippen LogP contribution in [0.4, 0.5) is 0 Å². The summed E-state index contributed by atoms with van der Waals surface area (Å²) in [6, 6.07) is 0.